The molecule has 1 spiro atoms. The van der Waals surface area contributed by atoms with Crippen LogP contribution in [-0.4, -0.2) is 48.8 Å². The average molecular weight is 509 g/mol. The Kier molecular flexibility index (Phi) is 6.69. The van der Waals surface area contributed by atoms with Crippen molar-refractivity contribution in [1.29, 1.82) is 0 Å². The van der Waals surface area contributed by atoms with Crippen LogP contribution in [0.2, 0.25) is 5.02 Å². The van der Waals surface area contributed by atoms with E-state index in [0.717, 1.165) is 29.5 Å². The Hall–Kier alpha value is -2.70. The maximum atomic E-state index is 13.7. The van der Waals surface area contributed by atoms with Crippen molar-refractivity contribution < 1.29 is 19.1 Å². The van der Waals surface area contributed by atoms with Crippen LogP contribution in [0.3, 0.4) is 0 Å². The number of Topliss-reactive ketones (excluding diaryl/α,β-unsaturated/α-hetero) is 1. The molecule has 1 N–H and O–H groups in total. The number of carbonyl (C=O) groups is 3. The van der Waals surface area contributed by atoms with Gasteiger partial charge in [-0.3, -0.25) is 14.4 Å². The molecule has 36 heavy (non-hydrogen) atoms. The van der Waals surface area contributed by atoms with Crippen LogP contribution in [0.15, 0.2) is 36.4 Å². The van der Waals surface area contributed by atoms with Crippen LogP contribution >= 0.6 is 11.6 Å². The predicted molar refractivity (Wildman–Crippen MR) is 140 cm³/mol. The second-order valence-electron chi connectivity index (χ2n) is 11.0. The standard InChI is InChI=1S/C29H33ClN2O4/c1-17-12-23(19-7-5-9-21(13-19)31-25(33)16-32(2)3)24(30)14-22(17)26-27(34)29(36-28(26)35)11-10-18-6-4-8-20(18)15-29/h5,7,9,12-14,18,20,26H,4,6,8,10-11,15-16H2,1-3H3,(H,31,33)/t18-,20+,26?,29+/m0/s1. The number of aryl methyl sites for hydroxylation is 1. The number of benzene rings is 2. The van der Waals surface area contributed by atoms with Gasteiger partial charge in [0.2, 0.25) is 5.91 Å². The van der Waals surface area contributed by atoms with Crippen LogP contribution < -0.4 is 5.32 Å². The highest BCUT2D eigenvalue weighted by molar-refractivity contribution is 6.33. The number of hydrogen-bond donors (Lipinski definition) is 1. The summed E-state index contributed by atoms with van der Waals surface area (Å²) in [5, 5.41) is 3.36. The van der Waals surface area contributed by atoms with E-state index in [1.54, 1.807) is 11.0 Å². The molecule has 2 saturated carbocycles. The zero-order valence-electron chi connectivity index (χ0n) is 21.1. The van der Waals surface area contributed by atoms with Crippen molar-refractivity contribution >= 4 is 34.9 Å². The third kappa shape index (κ3) is 4.57. The highest BCUT2D eigenvalue weighted by Crippen LogP contribution is 2.52. The van der Waals surface area contributed by atoms with Gasteiger partial charge in [-0.1, -0.05) is 43.0 Å². The number of rotatable bonds is 5. The van der Waals surface area contributed by atoms with Gasteiger partial charge >= 0.3 is 5.97 Å². The Labute approximate surface area is 217 Å². The van der Waals surface area contributed by atoms with Crippen molar-refractivity contribution in [2.45, 2.75) is 57.0 Å². The van der Waals surface area contributed by atoms with Gasteiger partial charge in [0.1, 0.15) is 5.92 Å². The van der Waals surface area contributed by atoms with E-state index in [9.17, 15) is 14.4 Å². The Balaban J connectivity index is 1.40. The van der Waals surface area contributed by atoms with Crippen molar-refractivity contribution in [3.8, 4) is 11.1 Å². The first-order valence-corrected chi connectivity index (χ1v) is 13.2. The lowest BCUT2D eigenvalue weighted by Crippen LogP contribution is -2.43. The molecular formula is C29H33ClN2O4. The molecule has 0 radical (unpaired) electrons. The van der Waals surface area contributed by atoms with E-state index in [1.807, 2.05) is 51.4 Å². The molecule has 2 aliphatic carbocycles. The second-order valence-corrected chi connectivity index (χ2v) is 11.4. The number of ketones is 1. The summed E-state index contributed by atoms with van der Waals surface area (Å²) in [5.74, 6) is -0.434. The average Bonchev–Trinajstić information content (AvgIpc) is 3.36. The number of amides is 1. The summed E-state index contributed by atoms with van der Waals surface area (Å²) in [7, 11) is 3.68. The molecule has 1 aliphatic heterocycles. The fourth-order valence-electron chi connectivity index (χ4n) is 6.44. The van der Waals surface area contributed by atoms with E-state index in [0.29, 0.717) is 41.0 Å². The molecule has 1 heterocycles. The summed E-state index contributed by atoms with van der Waals surface area (Å²) in [6.07, 6.45) is 5.80. The van der Waals surface area contributed by atoms with Crippen LogP contribution in [0.5, 0.6) is 0 Å². The van der Waals surface area contributed by atoms with Gasteiger partial charge in [0.25, 0.3) is 0 Å². The zero-order chi connectivity index (χ0) is 25.6. The molecule has 1 unspecified atom stereocenters. The Morgan fingerprint density at radius 3 is 2.69 bits per heavy atom. The summed E-state index contributed by atoms with van der Waals surface area (Å²) in [6.45, 7) is 2.19. The molecule has 4 atom stereocenters. The second kappa shape index (κ2) is 9.64. The van der Waals surface area contributed by atoms with E-state index in [1.165, 1.54) is 12.8 Å². The quantitative estimate of drug-likeness (QED) is 0.434. The number of hydrogen-bond acceptors (Lipinski definition) is 5. The van der Waals surface area contributed by atoms with E-state index in [4.69, 9.17) is 16.3 Å². The highest BCUT2D eigenvalue weighted by atomic mass is 35.5. The van der Waals surface area contributed by atoms with Crippen molar-refractivity contribution in [1.82, 2.24) is 4.90 Å². The molecule has 7 heteroatoms. The first-order valence-electron chi connectivity index (χ1n) is 12.8. The summed E-state index contributed by atoms with van der Waals surface area (Å²) >= 11 is 6.73. The van der Waals surface area contributed by atoms with E-state index in [-0.39, 0.29) is 18.2 Å². The minimum Gasteiger partial charge on any atom is -0.450 e. The molecule has 5 rings (SSSR count). The number of likely N-dealkylation sites (N-methyl/N-ethyl adjacent to an activating group) is 1. The lowest BCUT2D eigenvalue weighted by molar-refractivity contribution is -0.157. The minimum absolute atomic E-state index is 0.102. The molecule has 2 aromatic rings. The summed E-state index contributed by atoms with van der Waals surface area (Å²) in [4.78, 5) is 40.7. The molecular weight excluding hydrogens is 476 g/mol. The number of fused-ring (bicyclic) bond motifs is 1. The number of esters is 1. The fraction of sp³-hybridized carbons (Fsp3) is 0.483. The van der Waals surface area contributed by atoms with Gasteiger partial charge in [0, 0.05) is 16.3 Å². The number of ether oxygens (including phenoxy) is 1. The molecule has 3 fully saturated rings. The van der Waals surface area contributed by atoms with Gasteiger partial charge < -0.3 is 15.0 Å². The van der Waals surface area contributed by atoms with Crippen LogP contribution in [0.4, 0.5) is 5.69 Å². The molecule has 1 saturated heterocycles. The fourth-order valence-corrected chi connectivity index (χ4v) is 6.73. The summed E-state index contributed by atoms with van der Waals surface area (Å²) < 4.78 is 5.89. The topological polar surface area (TPSA) is 75.7 Å². The Morgan fingerprint density at radius 2 is 1.92 bits per heavy atom. The molecule has 1 amide bonds. The predicted octanol–water partition coefficient (Wildman–Crippen LogP) is 5.36. The van der Waals surface area contributed by atoms with E-state index >= 15 is 0 Å². The number of carbonyl (C=O) groups excluding carboxylic acids is 3. The maximum Gasteiger partial charge on any atom is 0.322 e. The summed E-state index contributed by atoms with van der Waals surface area (Å²) in [6, 6.07) is 11.1. The largest absolute Gasteiger partial charge is 0.450 e. The van der Waals surface area contributed by atoms with Gasteiger partial charge in [-0.05, 0) is 93.1 Å². The molecule has 3 aliphatic rings. The zero-order valence-corrected chi connectivity index (χ0v) is 21.9. The normalized spacial score (nSPS) is 27.4. The smallest absolute Gasteiger partial charge is 0.322 e. The van der Waals surface area contributed by atoms with Crippen molar-refractivity contribution in [2.75, 3.05) is 26.0 Å². The minimum atomic E-state index is -0.968. The van der Waals surface area contributed by atoms with Gasteiger partial charge in [0.15, 0.2) is 11.4 Å². The van der Waals surface area contributed by atoms with Gasteiger partial charge in [-0.2, -0.15) is 0 Å². The first kappa shape index (κ1) is 25.0. The monoisotopic (exact) mass is 508 g/mol. The van der Waals surface area contributed by atoms with E-state index in [2.05, 4.69) is 5.32 Å². The Bertz CT molecular complexity index is 1230. The molecule has 190 valence electrons. The molecule has 2 aromatic carbocycles. The number of nitrogens with one attached hydrogen (secondary N) is 1. The first-order chi connectivity index (χ1) is 17.2. The third-order valence-corrected chi connectivity index (χ3v) is 8.47. The molecule has 0 aromatic heterocycles. The van der Waals surface area contributed by atoms with Crippen molar-refractivity contribution in [2.24, 2.45) is 11.8 Å². The number of nitrogens with zero attached hydrogens (tertiary/aromatic N) is 1. The van der Waals surface area contributed by atoms with Gasteiger partial charge in [0.05, 0.1) is 6.54 Å². The lowest BCUT2D eigenvalue weighted by atomic mass is 9.70. The van der Waals surface area contributed by atoms with Gasteiger partial charge in [-0.15, -0.1) is 0 Å². The highest BCUT2D eigenvalue weighted by Gasteiger charge is 2.59. The van der Waals surface area contributed by atoms with Crippen LogP contribution in [-0.2, 0) is 19.1 Å². The summed E-state index contributed by atoms with van der Waals surface area (Å²) in [5.41, 5.74) is 2.77. The maximum absolute atomic E-state index is 13.7. The van der Waals surface area contributed by atoms with Crippen LogP contribution in [0, 0.1) is 18.8 Å². The third-order valence-electron chi connectivity index (χ3n) is 8.15. The number of halogens is 1. The van der Waals surface area contributed by atoms with E-state index < -0.39 is 17.5 Å². The lowest BCUT2D eigenvalue weighted by Gasteiger charge is -2.37. The van der Waals surface area contributed by atoms with Crippen LogP contribution in [0.25, 0.3) is 11.1 Å². The van der Waals surface area contributed by atoms with Crippen molar-refractivity contribution in [3.05, 3.63) is 52.5 Å². The van der Waals surface area contributed by atoms with Crippen LogP contribution in [0.1, 0.15) is 55.6 Å². The number of anilines is 1. The van der Waals surface area contributed by atoms with Gasteiger partial charge in [-0.25, -0.2) is 0 Å². The van der Waals surface area contributed by atoms with Crippen molar-refractivity contribution in [3.63, 3.8) is 0 Å². The Morgan fingerprint density at radius 1 is 1.14 bits per heavy atom. The molecule has 6 nitrogen and oxygen atoms in total. The molecule has 0 bridgehead atoms. The SMILES string of the molecule is Cc1cc(-c2cccc(NC(=O)CN(C)C)c2)c(Cl)cc1C1C(=O)O[C@@]2(CC[C@@H]3CCC[C@@H]3C2)C1=O.